The summed E-state index contributed by atoms with van der Waals surface area (Å²) in [4.78, 5) is 10.9. The van der Waals surface area contributed by atoms with Crippen LogP contribution in [0.1, 0.15) is 18.9 Å². The number of methoxy groups -OCH3 is 1. The predicted octanol–water partition coefficient (Wildman–Crippen LogP) is 1.78. The lowest BCUT2D eigenvalue weighted by molar-refractivity contribution is -0.139. The van der Waals surface area contributed by atoms with Gasteiger partial charge in [-0.15, -0.1) is 0 Å². The highest BCUT2D eigenvalue weighted by atomic mass is 16.5. The molecule has 0 saturated carbocycles. The van der Waals surface area contributed by atoms with Crippen molar-refractivity contribution >= 4 is 17.4 Å². The minimum Gasteiger partial charge on any atom is -0.493 e. The lowest BCUT2D eigenvalue weighted by Crippen LogP contribution is -2.23. The molecule has 0 aliphatic rings. The lowest BCUT2D eigenvalue weighted by Gasteiger charge is -2.08. The molecule has 0 aliphatic heterocycles. The Bertz CT molecular complexity index is 497. The zero-order valence-electron chi connectivity index (χ0n) is 12.4. The van der Waals surface area contributed by atoms with Crippen molar-refractivity contribution in [2.45, 2.75) is 19.9 Å². The van der Waals surface area contributed by atoms with E-state index in [1.165, 1.54) is 7.11 Å². The zero-order chi connectivity index (χ0) is 15.7. The largest absolute Gasteiger partial charge is 0.493 e. The molecule has 1 aromatic rings. The molecule has 1 rings (SSSR count). The molecule has 0 heterocycles. The third kappa shape index (κ3) is 6.67. The van der Waals surface area contributed by atoms with Crippen molar-refractivity contribution in [3.63, 3.8) is 0 Å². The first kappa shape index (κ1) is 16.8. The number of ether oxygens (including phenoxy) is 2. The Morgan fingerprint density at radius 1 is 1.24 bits per heavy atom. The van der Waals surface area contributed by atoms with E-state index >= 15 is 0 Å². The van der Waals surface area contributed by atoms with Crippen LogP contribution in [0.25, 0.3) is 0 Å². The fourth-order valence-electron chi connectivity index (χ4n) is 1.54. The fraction of sp³-hybridized carbons (Fsp3) is 0.400. The molecule has 0 amide bonds. The minimum atomic E-state index is -0.293. The number of esters is 1. The van der Waals surface area contributed by atoms with Gasteiger partial charge in [-0.1, -0.05) is 12.1 Å². The predicted molar refractivity (Wildman–Crippen MR) is 81.4 cm³/mol. The van der Waals surface area contributed by atoms with Gasteiger partial charge < -0.3 is 25.6 Å². The molecule has 6 heteroatoms. The highest BCUT2D eigenvalue weighted by molar-refractivity contribution is 6.38. The quantitative estimate of drug-likeness (QED) is 0.477. The van der Waals surface area contributed by atoms with Crippen LogP contribution < -0.4 is 10.1 Å². The third-order valence-electron chi connectivity index (χ3n) is 2.82. The third-order valence-corrected chi connectivity index (χ3v) is 2.82. The van der Waals surface area contributed by atoms with Crippen molar-refractivity contribution in [1.29, 1.82) is 10.8 Å². The van der Waals surface area contributed by atoms with E-state index in [1.54, 1.807) is 6.92 Å². The normalized spacial score (nSPS) is 10.0. The molecule has 1 aromatic carbocycles. The van der Waals surface area contributed by atoms with Gasteiger partial charge in [0.2, 0.25) is 0 Å². The van der Waals surface area contributed by atoms with Gasteiger partial charge in [0, 0.05) is 18.7 Å². The number of rotatable bonds is 9. The first-order valence-corrected chi connectivity index (χ1v) is 6.65. The van der Waals surface area contributed by atoms with Crippen molar-refractivity contribution in [3.8, 4) is 5.75 Å². The highest BCUT2D eigenvalue weighted by Gasteiger charge is 2.02. The maximum Gasteiger partial charge on any atom is 0.319 e. The van der Waals surface area contributed by atoms with Crippen LogP contribution in [0.5, 0.6) is 5.75 Å². The SMILES string of the molecule is COC(=O)CNCc1ccc(OCCC(=N)C(C)=N)cc1. The molecule has 0 unspecified atom stereocenters. The van der Waals surface area contributed by atoms with Crippen LogP contribution in [0.4, 0.5) is 0 Å². The Kier molecular flexibility index (Phi) is 7.11. The second kappa shape index (κ2) is 8.86. The van der Waals surface area contributed by atoms with E-state index in [1.807, 2.05) is 24.3 Å². The summed E-state index contributed by atoms with van der Waals surface area (Å²) in [6.45, 7) is 2.74. The van der Waals surface area contributed by atoms with E-state index in [4.69, 9.17) is 15.6 Å². The molecule has 6 nitrogen and oxygen atoms in total. The topological polar surface area (TPSA) is 95.3 Å². The van der Waals surface area contributed by atoms with Crippen LogP contribution in [-0.4, -0.2) is 37.7 Å². The molecule has 114 valence electrons. The number of hydrogen-bond acceptors (Lipinski definition) is 6. The molecule has 0 radical (unpaired) electrons. The van der Waals surface area contributed by atoms with E-state index in [-0.39, 0.29) is 18.2 Å². The van der Waals surface area contributed by atoms with E-state index in [9.17, 15) is 4.79 Å². The molecule has 0 atom stereocenters. The summed E-state index contributed by atoms with van der Waals surface area (Å²) in [6.07, 6.45) is 0.428. The van der Waals surface area contributed by atoms with Crippen molar-refractivity contribution in [2.24, 2.45) is 0 Å². The van der Waals surface area contributed by atoms with E-state index in [2.05, 4.69) is 10.1 Å². The van der Waals surface area contributed by atoms with Gasteiger partial charge in [0.1, 0.15) is 5.75 Å². The Hall–Kier alpha value is -2.21. The standard InChI is InChI=1S/C15H21N3O3/c1-11(16)14(17)7-8-21-13-5-3-12(4-6-13)9-18-10-15(19)20-2/h3-6,16-18H,7-10H2,1-2H3. The summed E-state index contributed by atoms with van der Waals surface area (Å²) in [7, 11) is 1.36. The van der Waals surface area contributed by atoms with Gasteiger partial charge in [0.05, 0.1) is 26.0 Å². The van der Waals surface area contributed by atoms with Crippen LogP contribution in [0, 0.1) is 10.8 Å². The van der Waals surface area contributed by atoms with Gasteiger partial charge in [0.25, 0.3) is 0 Å². The molecule has 0 saturated heterocycles. The summed E-state index contributed by atoms with van der Waals surface area (Å²) in [6, 6.07) is 7.51. The first-order valence-electron chi connectivity index (χ1n) is 6.65. The van der Waals surface area contributed by atoms with E-state index < -0.39 is 0 Å². The number of benzene rings is 1. The Morgan fingerprint density at radius 2 is 1.90 bits per heavy atom. The fourth-order valence-corrected chi connectivity index (χ4v) is 1.54. The van der Waals surface area contributed by atoms with Crippen molar-refractivity contribution < 1.29 is 14.3 Å². The average molecular weight is 291 g/mol. The van der Waals surface area contributed by atoms with Crippen LogP contribution in [-0.2, 0) is 16.1 Å². The molecule has 21 heavy (non-hydrogen) atoms. The van der Waals surface area contributed by atoms with Gasteiger partial charge in [-0.2, -0.15) is 0 Å². The molecular formula is C15H21N3O3. The first-order chi connectivity index (χ1) is 10.0. The van der Waals surface area contributed by atoms with E-state index in [0.717, 1.165) is 11.3 Å². The van der Waals surface area contributed by atoms with Gasteiger partial charge in [0.15, 0.2) is 0 Å². The number of hydrogen-bond donors (Lipinski definition) is 3. The number of carbonyl (C=O) groups excluding carboxylic acids is 1. The van der Waals surface area contributed by atoms with Crippen molar-refractivity contribution in [3.05, 3.63) is 29.8 Å². The molecule has 0 aliphatic carbocycles. The molecule has 0 bridgehead atoms. The Balaban J connectivity index is 2.31. The number of carbonyl (C=O) groups is 1. The molecule has 3 N–H and O–H groups in total. The summed E-state index contributed by atoms with van der Waals surface area (Å²) in [5, 5.41) is 17.8. The molecule has 0 fully saturated rings. The maximum atomic E-state index is 10.9. The van der Waals surface area contributed by atoms with Gasteiger partial charge in [-0.05, 0) is 24.6 Å². The number of nitrogens with one attached hydrogen (secondary N) is 3. The monoisotopic (exact) mass is 291 g/mol. The highest BCUT2D eigenvalue weighted by Crippen LogP contribution is 2.12. The summed E-state index contributed by atoms with van der Waals surface area (Å²) >= 11 is 0. The van der Waals surface area contributed by atoms with Crippen molar-refractivity contribution in [1.82, 2.24) is 5.32 Å². The van der Waals surface area contributed by atoms with Crippen LogP contribution in [0.2, 0.25) is 0 Å². The maximum absolute atomic E-state index is 10.9. The summed E-state index contributed by atoms with van der Waals surface area (Å²) < 4.78 is 10.0. The molecule has 0 aromatic heterocycles. The summed E-state index contributed by atoms with van der Waals surface area (Å²) in [5.74, 6) is 0.432. The van der Waals surface area contributed by atoms with Crippen LogP contribution in [0.3, 0.4) is 0 Å². The minimum absolute atomic E-state index is 0.180. The van der Waals surface area contributed by atoms with E-state index in [0.29, 0.717) is 25.3 Å². The molecule has 0 spiro atoms. The van der Waals surface area contributed by atoms with Gasteiger partial charge in [-0.25, -0.2) is 0 Å². The lowest BCUT2D eigenvalue weighted by atomic mass is 10.2. The second-order valence-electron chi connectivity index (χ2n) is 4.53. The zero-order valence-corrected chi connectivity index (χ0v) is 12.4. The smallest absolute Gasteiger partial charge is 0.319 e. The van der Waals surface area contributed by atoms with Gasteiger partial charge in [-0.3, -0.25) is 4.79 Å². The van der Waals surface area contributed by atoms with Crippen LogP contribution >= 0.6 is 0 Å². The Morgan fingerprint density at radius 3 is 2.48 bits per heavy atom. The molecular weight excluding hydrogens is 270 g/mol. The van der Waals surface area contributed by atoms with Crippen LogP contribution in [0.15, 0.2) is 24.3 Å². The Labute approximate surface area is 124 Å². The van der Waals surface area contributed by atoms with Crippen molar-refractivity contribution in [2.75, 3.05) is 20.3 Å². The van der Waals surface area contributed by atoms with Gasteiger partial charge >= 0.3 is 5.97 Å². The summed E-state index contributed by atoms with van der Waals surface area (Å²) in [5.41, 5.74) is 1.60. The average Bonchev–Trinajstić information content (AvgIpc) is 2.48. The second-order valence-corrected chi connectivity index (χ2v) is 4.53.